The van der Waals surface area contributed by atoms with Gasteiger partial charge >= 0.3 is 0 Å². The molecule has 1 atom stereocenters. The van der Waals surface area contributed by atoms with Gasteiger partial charge in [-0.25, -0.2) is 4.39 Å². The predicted octanol–water partition coefficient (Wildman–Crippen LogP) is 3.69. The van der Waals surface area contributed by atoms with Crippen LogP contribution in [0.3, 0.4) is 0 Å². The number of likely N-dealkylation sites (tertiary alicyclic amines) is 1. The van der Waals surface area contributed by atoms with Gasteiger partial charge in [-0.1, -0.05) is 30.3 Å². The third-order valence-electron chi connectivity index (χ3n) is 4.54. The van der Waals surface area contributed by atoms with Crippen molar-refractivity contribution in [2.75, 3.05) is 26.2 Å². The molecule has 1 heterocycles. The van der Waals surface area contributed by atoms with Crippen molar-refractivity contribution in [2.45, 2.75) is 25.9 Å². The third kappa shape index (κ3) is 3.94. The van der Waals surface area contributed by atoms with Crippen molar-refractivity contribution in [1.82, 2.24) is 4.90 Å². The Morgan fingerprint density at radius 1 is 1.12 bits per heavy atom. The second-order valence-corrected chi connectivity index (χ2v) is 6.36. The quantitative estimate of drug-likeness (QED) is 0.877. The molecule has 1 saturated heterocycles. The van der Waals surface area contributed by atoms with Crippen LogP contribution < -0.4 is 4.74 Å². The van der Waals surface area contributed by atoms with Crippen molar-refractivity contribution in [3.63, 3.8) is 0 Å². The van der Waals surface area contributed by atoms with E-state index in [1.807, 2.05) is 37.3 Å². The zero-order chi connectivity index (χ0) is 16.9. The molecule has 0 aliphatic carbocycles. The van der Waals surface area contributed by atoms with Gasteiger partial charge in [0.1, 0.15) is 12.7 Å². The highest BCUT2D eigenvalue weighted by Gasteiger charge is 2.17. The number of nitrogens with zero attached hydrogens (tertiary/aromatic N) is 1. The standard InChI is InChI=1S/C20H24FNO2/c1-15-13-17(19(23)16-7-3-2-4-8-16)14-18(21)20(15)24-12-11-22-9-5-6-10-22/h2-4,7-8,13-14,19,23H,5-6,9-12H2,1H3. The Labute approximate surface area is 142 Å². The number of hydrogen-bond donors (Lipinski definition) is 1. The van der Waals surface area contributed by atoms with Gasteiger partial charge in [0.2, 0.25) is 0 Å². The first-order valence-corrected chi connectivity index (χ1v) is 8.53. The molecule has 1 fully saturated rings. The van der Waals surface area contributed by atoms with Gasteiger partial charge in [-0.05, 0) is 61.7 Å². The molecule has 4 heteroatoms. The fourth-order valence-corrected chi connectivity index (χ4v) is 3.21. The average Bonchev–Trinajstić information content (AvgIpc) is 3.10. The van der Waals surface area contributed by atoms with E-state index < -0.39 is 11.9 Å². The number of benzene rings is 2. The van der Waals surface area contributed by atoms with Crippen LogP contribution >= 0.6 is 0 Å². The maximum atomic E-state index is 14.4. The first-order valence-electron chi connectivity index (χ1n) is 8.53. The van der Waals surface area contributed by atoms with E-state index in [1.165, 1.54) is 18.9 Å². The normalized spacial score (nSPS) is 16.3. The van der Waals surface area contributed by atoms with E-state index in [0.717, 1.165) is 25.2 Å². The van der Waals surface area contributed by atoms with Gasteiger partial charge in [-0.2, -0.15) is 0 Å². The minimum Gasteiger partial charge on any atom is -0.489 e. The zero-order valence-electron chi connectivity index (χ0n) is 14.0. The summed E-state index contributed by atoms with van der Waals surface area (Å²) in [4.78, 5) is 2.33. The van der Waals surface area contributed by atoms with Crippen LogP contribution in [-0.2, 0) is 0 Å². The lowest BCUT2D eigenvalue weighted by atomic mass is 9.99. The molecule has 3 nitrogen and oxygen atoms in total. The van der Waals surface area contributed by atoms with E-state index in [0.29, 0.717) is 23.5 Å². The zero-order valence-corrected chi connectivity index (χ0v) is 14.0. The molecule has 2 aromatic carbocycles. The van der Waals surface area contributed by atoms with Gasteiger partial charge in [-0.3, -0.25) is 4.90 Å². The first kappa shape index (κ1) is 16.9. The Hall–Kier alpha value is -1.91. The predicted molar refractivity (Wildman–Crippen MR) is 92.8 cm³/mol. The monoisotopic (exact) mass is 329 g/mol. The lowest BCUT2D eigenvalue weighted by molar-refractivity contribution is 0.217. The van der Waals surface area contributed by atoms with Crippen molar-refractivity contribution in [3.05, 3.63) is 65.0 Å². The second-order valence-electron chi connectivity index (χ2n) is 6.36. The molecular formula is C20H24FNO2. The van der Waals surface area contributed by atoms with E-state index >= 15 is 0 Å². The fraction of sp³-hybridized carbons (Fsp3) is 0.400. The van der Waals surface area contributed by atoms with Crippen molar-refractivity contribution >= 4 is 0 Å². The molecule has 0 saturated carbocycles. The smallest absolute Gasteiger partial charge is 0.165 e. The van der Waals surface area contributed by atoms with Crippen molar-refractivity contribution < 1.29 is 14.2 Å². The Bertz CT molecular complexity index is 646. The van der Waals surface area contributed by atoms with E-state index in [-0.39, 0.29) is 0 Å². The van der Waals surface area contributed by atoms with Crippen LogP contribution in [0.2, 0.25) is 0 Å². The van der Waals surface area contributed by atoms with Crippen LogP contribution in [0.5, 0.6) is 5.75 Å². The molecule has 1 aliphatic rings. The lowest BCUT2D eigenvalue weighted by Crippen LogP contribution is -2.25. The van der Waals surface area contributed by atoms with Gasteiger partial charge in [0, 0.05) is 6.54 Å². The first-order chi connectivity index (χ1) is 11.6. The van der Waals surface area contributed by atoms with Gasteiger partial charge in [0.15, 0.2) is 11.6 Å². The maximum absolute atomic E-state index is 14.4. The molecule has 0 amide bonds. The maximum Gasteiger partial charge on any atom is 0.165 e. The molecule has 1 N–H and O–H groups in total. The summed E-state index contributed by atoms with van der Waals surface area (Å²) >= 11 is 0. The Balaban J connectivity index is 1.68. The Morgan fingerprint density at radius 3 is 2.50 bits per heavy atom. The SMILES string of the molecule is Cc1cc(C(O)c2ccccc2)cc(F)c1OCCN1CCCC1. The molecule has 0 bridgehead atoms. The molecule has 0 radical (unpaired) electrons. The summed E-state index contributed by atoms with van der Waals surface area (Å²) in [5.41, 5.74) is 2.00. The Kier molecular flexibility index (Phi) is 5.48. The van der Waals surface area contributed by atoms with Gasteiger partial charge in [-0.15, -0.1) is 0 Å². The summed E-state index contributed by atoms with van der Waals surface area (Å²) in [6.45, 7) is 5.33. The summed E-state index contributed by atoms with van der Waals surface area (Å²) in [5.74, 6) is -0.125. The highest BCUT2D eigenvalue weighted by molar-refractivity contribution is 5.41. The number of halogens is 1. The summed E-state index contributed by atoms with van der Waals surface area (Å²) in [7, 11) is 0. The van der Waals surface area contributed by atoms with Crippen molar-refractivity contribution in [2.24, 2.45) is 0 Å². The molecular weight excluding hydrogens is 305 g/mol. The minimum absolute atomic E-state index is 0.290. The fourth-order valence-electron chi connectivity index (χ4n) is 3.21. The molecule has 3 rings (SSSR count). The van der Waals surface area contributed by atoms with Crippen LogP contribution in [0.1, 0.15) is 35.6 Å². The van der Waals surface area contributed by atoms with E-state index in [1.54, 1.807) is 6.07 Å². The molecule has 2 aromatic rings. The minimum atomic E-state index is -0.835. The number of aryl methyl sites for hydroxylation is 1. The van der Waals surface area contributed by atoms with Gasteiger partial charge < -0.3 is 9.84 Å². The summed E-state index contributed by atoms with van der Waals surface area (Å²) in [6.07, 6.45) is 1.64. The van der Waals surface area contributed by atoms with Crippen molar-refractivity contribution in [3.8, 4) is 5.75 Å². The van der Waals surface area contributed by atoms with Crippen LogP contribution in [0.15, 0.2) is 42.5 Å². The molecule has 1 aliphatic heterocycles. The lowest BCUT2D eigenvalue weighted by Gasteiger charge is -2.18. The summed E-state index contributed by atoms with van der Waals surface area (Å²) in [6, 6.07) is 12.4. The van der Waals surface area contributed by atoms with Crippen LogP contribution in [0.4, 0.5) is 4.39 Å². The molecule has 24 heavy (non-hydrogen) atoms. The highest BCUT2D eigenvalue weighted by atomic mass is 19.1. The number of ether oxygens (including phenoxy) is 1. The van der Waals surface area contributed by atoms with Crippen LogP contribution in [0.25, 0.3) is 0 Å². The topological polar surface area (TPSA) is 32.7 Å². The van der Waals surface area contributed by atoms with E-state index in [2.05, 4.69) is 4.90 Å². The molecule has 1 unspecified atom stereocenters. The number of aliphatic hydroxyl groups is 1. The second kappa shape index (κ2) is 7.77. The average molecular weight is 329 g/mol. The Morgan fingerprint density at radius 2 is 1.83 bits per heavy atom. The number of rotatable bonds is 6. The van der Waals surface area contributed by atoms with Crippen LogP contribution in [0, 0.1) is 12.7 Å². The number of hydrogen-bond acceptors (Lipinski definition) is 3. The van der Waals surface area contributed by atoms with E-state index in [4.69, 9.17) is 4.74 Å². The van der Waals surface area contributed by atoms with Gasteiger partial charge in [0.05, 0.1) is 0 Å². The largest absolute Gasteiger partial charge is 0.489 e. The molecule has 0 aromatic heterocycles. The summed E-state index contributed by atoms with van der Waals surface area (Å²) in [5, 5.41) is 10.4. The van der Waals surface area contributed by atoms with Crippen LogP contribution in [-0.4, -0.2) is 36.2 Å². The number of aliphatic hydroxyl groups excluding tert-OH is 1. The molecule has 128 valence electrons. The highest BCUT2D eigenvalue weighted by Crippen LogP contribution is 2.29. The third-order valence-corrected chi connectivity index (χ3v) is 4.54. The molecule has 0 spiro atoms. The van der Waals surface area contributed by atoms with E-state index in [9.17, 15) is 9.50 Å². The summed E-state index contributed by atoms with van der Waals surface area (Å²) < 4.78 is 20.1. The van der Waals surface area contributed by atoms with Crippen molar-refractivity contribution in [1.29, 1.82) is 0 Å². The van der Waals surface area contributed by atoms with Gasteiger partial charge in [0.25, 0.3) is 0 Å².